The monoisotopic (exact) mass is 491 g/mol. The number of carbonyl (C=O) groups is 1. The van der Waals surface area contributed by atoms with Crippen LogP contribution in [0.15, 0.2) is 58.4 Å². The number of hydrogen-bond donors (Lipinski definition) is 0. The first-order valence-corrected chi connectivity index (χ1v) is 12.4. The summed E-state index contributed by atoms with van der Waals surface area (Å²) >= 11 is 6.76. The molecule has 0 radical (unpaired) electrons. The van der Waals surface area contributed by atoms with Crippen LogP contribution in [-0.2, 0) is 11.3 Å². The van der Waals surface area contributed by atoms with Crippen molar-refractivity contribution in [2.24, 2.45) is 0 Å². The highest BCUT2D eigenvalue weighted by molar-refractivity contribution is 8.26. The Labute approximate surface area is 207 Å². The maximum atomic E-state index is 13.5. The van der Waals surface area contributed by atoms with Crippen LogP contribution in [0.4, 0.5) is 5.82 Å². The maximum absolute atomic E-state index is 13.5. The van der Waals surface area contributed by atoms with Gasteiger partial charge in [0, 0.05) is 32.4 Å². The summed E-state index contributed by atoms with van der Waals surface area (Å²) < 4.78 is 2.02. The van der Waals surface area contributed by atoms with Crippen molar-refractivity contribution < 1.29 is 4.79 Å². The lowest BCUT2D eigenvalue weighted by Crippen LogP contribution is -2.45. The number of aryl methyl sites for hydroxylation is 1. The lowest BCUT2D eigenvalue weighted by Gasteiger charge is -2.34. The summed E-state index contributed by atoms with van der Waals surface area (Å²) in [6, 6.07) is 13.5. The Morgan fingerprint density at radius 1 is 1.06 bits per heavy atom. The summed E-state index contributed by atoms with van der Waals surface area (Å²) in [5.41, 5.74) is 2.99. The van der Waals surface area contributed by atoms with Crippen LogP contribution in [0.2, 0.25) is 0 Å². The number of benzene rings is 1. The van der Waals surface area contributed by atoms with Crippen LogP contribution in [0.5, 0.6) is 0 Å². The number of fused-ring (bicyclic) bond motifs is 1. The van der Waals surface area contributed by atoms with Crippen LogP contribution in [0.25, 0.3) is 11.7 Å². The number of thioether (sulfide) groups is 1. The van der Waals surface area contributed by atoms with Crippen LogP contribution < -0.4 is 10.5 Å². The number of carbonyl (C=O) groups excluding carboxylic acids is 1. The van der Waals surface area contributed by atoms with Gasteiger partial charge in [0.15, 0.2) is 0 Å². The summed E-state index contributed by atoms with van der Waals surface area (Å²) in [6.07, 6.45) is 3.38. The molecule has 2 saturated heterocycles. The molecule has 2 aromatic heterocycles. The molecule has 0 aliphatic carbocycles. The number of thiocarbonyl (C=S) groups is 1. The molecule has 3 aromatic rings. The summed E-state index contributed by atoms with van der Waals surface area (Å²) in [4.78, 5) is 38.1. The van der Waals surface area contributed by atoms with E-state index in [9.17, 15) is 9.59 Å². The normalized spacial score (nSPS) is 18.5. The average Bonchev–Trinajstić information content (AvgIpc) is 3.10. The zero-order chi connectivity index (χ0) is 23.8. The predicted octanol–water partition coefficient (Wildman–Crippen LogP) is 3.16. The smallest absolute Gasteiger partial charge is 0.267 e. The number of aromatic nitrogens is 2. The molecule has 0 saturated carbocycles. The second-order valence-electron chi connectivity index (χ2n) is 8.63. The number of nitrogens with zero attached hydrogens (tertiary/aromatic N) is 5. The maximum Gasteiger partial charge on any atom is 0.267 e. The first-order valence-electron chi connectivity index (χ1n) is 11.2. The SMILES string of the molecule is Cc1ccc(CN2C(=O)C(=Cc3c(N4CCN(C)CC4)nc4ccccn4c3=O)SC2=S)cc1. The van der Waals surface area contributed by atoms with Gasteiger partial charge in [-0.05, 0) is 37.7 Å². The molecular formula is C25H25N5O2S2. The molecule has 0 bridgehead atoms. The van der Waals surface area contributed by atoms with Gasteiger partial charge in [0.2, 0.25) is 0 Å². The fraction of sp³-hybridized carbons (Fsp3) is 0.280. The minimum absolute atomic E-state index is 0.183. The van der Waals surface area contributed by atoms with E-state index < -0.39 is 0 Å². The van der Waals surface area contributed by atoms with Crippen molar-refractivity contribution in [2.75, 3.05) is 38.1 Å². The van der Waals surface area contributed by atoms with E-state index in [1.807, 2.05) is 43.3 Å². The van der Waals surface area contributed by atoms with Gasteiger partial charge in [-0.15, -0.1) is 0 Å². The number of pyridine rings is 1. The highest BCUT2D eigenvalue weighted by atomic mass is 32.2. The third kappa shape index (κ3) is 4.38. The Kier molecular flexibility index (Phi) is 6.24. The number of anilines is 1. The molecule has 4 heterocycles. The van der Waals surface area contributed by atoms with E-state index in [1.54, 1.807) is 23.2 Å². The third-order valence-electron chi connectivity index (χ3n) is 6.16. The molecule has 0 atom stereocenters. The Bertz CT molecular complexity index is 1360. The van der Waals surface area contributed by atoms with E-state index >= 15 is 0 Å². The molecule has 5 rings (SSSR count). The molecule has 2 aliphatic rings. The molecule has 2 aliphatic heterocycles. The van der Waals surface area contributed by atoms with Gasteiger partial charge < -0.3 is 9.80 Å². The molecule has 34 heavy (non-hydrogen) atoms. The van der Waals surface area contributed by atoms with Gasteiger partial charge in [-0.1, -0.05) is 59.9 Å². The van der Waals surface area contributed by atoms with Gasteiger partial charge >= 0.3 is 0 Å². The van der Waals surface area contributed by atoms with Crippen molar-refractivity contribution in [3.05, 3.63) is 80.6 Å². The van der Waals surface area contributed by atoms with Crippen molar-refractivity contribution in [3.8, 4) is 0 Å². The Balaban J connectivity index is 1.53. The van der Waals surface area contributed by atoms with Gasteiger partial charge in [-0.2, -0.15) is 0 Å². The molecule has 0 spiro atoms. The van der Waals surface area contributed by atoms with E-state index in [4.69, 9.17) is 17.2 Å². The summed E-state index contributed by atoms with van der Waals surface area (Å²) in [5.74, 6) is 0.436. The molecule has 2 fully saturated rings. The van der Waals surface area contributed by atoms with Gasteiger partial charge in [-0.3, -0.25) is 18.9 Å². The first kappa shape index (κ1) is 22.8. The molecule has 174 valence electrons. The Hall–Kier alpha value is -3.01. The topological polar surface area (TPSA) is 61.2 Å². The number of rotatable bonds is 4. The highest BCUT2D eigenvalue weighted by Gasteiger charge is 2.33. The van der Waals surface area contributed by atoms with Gasteiger partial charge in [-0.25, -0.2) is 4.98 Å². The van der Waals surface area contributed by atoms with Gasteiger partial charge in [0.1, 0.15) is 15.8 Å². The first-order chi connectivity index (χ1) is 16.4. The fourth-order valence-electron chi connectivity index (χ4n) is 4.12. The van der Waals surface area contributed by atoms with Crippen molar-refractivity contribution in [3.63, 3.8) is 0 Å². The van der Waals surface area contributed by atoms with E-state index in [1.165, 1.54) is 16.2 Å². The Morgan fingerprint density at radius 2 is 1.79 bits per heavy atom. The Morgan fingerprint density at radius 3 is 2.53 bits per heavy atom. The molecule has 9 heteroatoms. The molecular weight excluding hydrogens is 466 g/mol. The minimum Gasteiger partial charge on any atom is -0.353 e. The summed E-state index contributed by atoms with van der Waals surface area (Å²) in [6.45, 7) is 5.73. The van der Waals surface area contributed by atoms with E-state index in [2.05, 4.69) is 16.8 Å². The second kappa shape index (κ2) is 9.32. The van der Waals surface area contributed by atoms with Crippen molar-refractivity contribution in [1.82, 2.24) is 19.2 Å². The lowest BCUT2D eigenvalue weighted by atomic mass is 10.1. The fourth-order valence-corrected chi connectivity index (χ4v) is 5.36. The minimum atomic E-state index is -0.191. The molecule has 1 amide bonds. The van der Waals surface area contributed by atoms with E-state index in [0.717, 1.165) is 37.3 Å². The van der Waals surface area contributed by atoms with Crippen LogP contribution in [0.1, 0.15) is 16.7 Å². The largest absolute Gasteiger partial charge is 0.353 e. The summed E-state index contributed by atoms with van der Waals surface area (Å²) in [7, 11) is 2.08. The van der Waals surface area contributed by atoms with Crippen molar-refractivity contribution >= 4 is 51.7 Å². The lowest BCUT2D eigenvalue weighted by molar-refractivity contribution is -0.122. The summed E-state index contributed by atoms with van der Waals surface area (Å²) in [5, 5.41) is 0. The van der Waals surface area contributed by atoms with E-state index in [0.29, 0.717) is 32.8 Å². The van der Waals surface area contributed by atoms with Gasteiger partial charge in [0.25, 0.3) is 11.5 Å². The zero-order valence-electron chi connectivity index (χ0n) is 19.1. The zero-order valence-corrected chi connectivity index (χ0v) is 20.7. The third-order valence-corrected chi connectivity index (χ3v) is 7.54. The molecule has 7 nitrogen and oxygen atoms in total. The van der Waals surface area contributed by atoms with Crippen LogP contribution in [-0.4, -0.2) is 62.6 Å². The molecule has 0 unspecified atom stereocenters. The highest BCUT2D eigenvalue weighted by Crippen LogP contribution is 2.34. The number of amides is 1. The second-order valence-corrected chi connectivity index (χ2v) is 10.3. The average molecular weight is 492 g/mol. The number of piperazine rings is 1. The van der Waals surface area contributed by atoms with Crippen molar-refractivity contribution in [1.29, 1.82) is 0 Å². The van der Waals surface area contributed by atoms with Gasteiger partial charge in [0.05, 0.1) is 17.0 Å². The predicted molar refractivity (Wildman–Crippen MR) is 141 cm³/mol. The van der Waals surface area contributed by atoms with Crippen LogP contribution in [0.3, 0.4) is 0 Å². The van der Waals surface area contributed by atoms with Crippen LogP contribution >= 0.6 is 24.0 Å². The molecule has 1 aromatic carbocycles. The van der Waals surface area contributed by atoms with Crippen LogP contribution in [0, 0.1) is 6.92 Å². The number of hydrogen-bond acceptors (Lipinski definition) is 7. The molecule has 0 N–H and O–H groups in total. The quantitative estimate of drug-likeness (QED) is 0.410. The number of likely N-dealkylation sites (N-methyl/N-ethyl adjacent to an activating group) is 1. The standard InChI is InChI=1S/C25H25N5O2S2/c1-17-6-8-18(9-7-17)16-30-24(32)20(34-25(30)33)15-19-22(28-13-11-27(2)12-14-28)26-21-5-3-4-10-29(21)23(19)31/h3-10,15H,11-14,16H2,1-2H3. The van der Waals surface area contributed by atoms with Crippen molar-refractivity contribution in [2.45, 2.75) is 13.5 Å². The van der Waals surface area contributed by atoms with E-state index in [-0.39, 0.29) is 11.5 Å².